The number of hydrogen-bond acceptors (Lipinski definition) is 1. The Balaban J connectivity index is 0.000000490. The summed E-state index contributed by atoms with van der Waals surface area (Å²) < 4.78 is 1.89. The van der Waals surface area contributed by atoms with Crippen LogP contribution >= 0.6 is 0 Å². The van der Waals surface area contributed by atoms with Gasteiger partial charge in [0.1, 0.15) is 0 Å². The van der Waals surface area contributed by atoms with Gasteiger partial charge >= 0.3 is 0 Å². The van der Waals surface area contributed by atoms with Gasteiger partial charge in [0.15, 0.2) is 0 Å². The second-order valence-corrected chi connectivity index (χ2v) is 1.31. The molecule has 0 saturated carbocycles. The van der Waals surface area contributed by atoms with E-state index in [4.69, 9.17) is 0 Å². The second kappa shape index (κ2) is 4.17. The summed E-state index contributed by atoms with van der Waals surface area (Å²) in [6, 6.07) is 0. The van der Waals surface area contributed by atoms with Gasteiger partial charge in [0.2, 0.25) is 0 Å². The molecule has 0 saturated heterocycles. The Hall–Kier alpha value is 0.262. The molecule has 0 aliphatic heterocycles. The van der Waals surface area contributed by atoms with Crippen LogP contribution in [0.15, 0.2) is 12.5 Å². The van der Waals surface area contributed by atoms with Gasteiger partial charge < -0.3 is 9.55 Å². The maximum absolute atomic E-state index is 3.80. The SMILES string of the molecule is CCn1[c-]cnc1.[U]. The van der Waals surface area contributed by atoms with Crippen LogP contribution in [0.4, 0.5) is 0 Å². The maximum atomic E-state index is 3.80. The van der Waals surface area contributed by atoms with Crippen LogP contribution in [0.25, 0.3) is 0 Å². The second-order valence-electron chi connectivity index (χ2n) is 1.31. The quantitative estimate of drug-likeness (QED) is 0.692. The van der Waals surface area contributed by atoms with Crippen molar-refractivity contribution in [2.75, 3.05) is 0 Å². The van der Waals surface area contributed by atoms with Gasteiger partial charge in [0.05, 0.1) is 0 Å². The van der Waals surface area contributed by atoms with Crippen LogP contribution in [-0.4, -0.2) is 9.55 Å². The molecule has 0 aliphatic carbocycles. The molecule has 0 spiro atoms. The number of hydrogen-bond donors (Lipinski definition) is 0. The Morgan fingerprint density at radius 1 is 1.75 bits per heavy atom. The molecule has 0 atom stereocenters. The van der Waals surface area contributed by atoms with Crippen molar-refractivity contribution < 1.29 is 31.1 Å². The van der Waals surface area contributed by atoms with Crippen molar-refractivity contribution in [1.29, 1.82) is 0 Å². The molecule has 0 fully saturated rings. The molecule has 3 heteroatoms. The predicted molar refractivity (Wildman–Crippen MR) is 26.7 cm³/mol. The van der Waals surface area contributed by atoms with Gasteiger partial charge in [-0.3, -0.25) is 0 Å². The molecule has 1 rings (SSSR count). The van der Waals surface area contributed by atoms with Crippen molar-refractivity contribution in [2.24, 2.45) is 0 Å². The third kappa shape index (κ3) is 2.02. The third-order valence-corrected chi connectivity index (χ3v) is 0.845. The van der Waals surface area contributed by atoms with Crippen molar-refractivity contribution in [3.8, 4) is 0 Å². The zero-order chi connectivity index (χ0) is 5.11. The fourth-order valence-electron chi connectivity index (χ4n) is 0.428. The first-order chi connectivity index (χ1) is 3.43. The van der Waals surface area contributed by atoms with E-state index in [2.05, 4.69) is 18.1 Å². The van der Waals surface area contributed by atoms with Gasteiger partial charge in [-0.05, 0) is 6.54 Å². The van der Waals surface area contributed by atoms with Crippen molar-refractivity contribution in [3.05, 3.63) is 18.7 Å². The first-order valence-electron chi connectivity index (χ1n) is 2.31. The smallest absolute Gasteiger partial charge is 0 e. The van der Waals surface area contributed by atoms with E-state index >= 15 is 0 Å². The summed E-state index contributed by atoms with van der Waals surface area (Å²) in [6.45, 7) is 3.01. The fraction of sp³-hybridized carbons (Fsp3) is 0.400. The predicted octanol–water partition coefficient (Wildman–Crippen LogP) is 0.703. The average molecular weight is 333 g/mol. The molecule has 8 heavy (non-hydrogen) atoms. The summed E-state index contributed by atoms with van der Waals surface area (Å²) >= 11 is 0. The molecule has 0 N–H and O–H groups in total. The molecule has 1 aromatic heterocycles. The van der Waals surface area contributed by atoms with E-state index in [1.54, 1.807) is 12.5 Å². The minimum absolute atomic E-state index is 0. The minimum Gasteiger partial charge on any atom is -0.501 e. The topological polar surface area (TPSA) is 17.8 Å². The maximum Gasteiger partial charge on any atom is 0 e. The summed E-state index contributed by atoms with van der Waals surface area (Å²) in [7, 11) is 0. The van der Waals surface area contributed by atoms with E-state index in [9.17, 15) is 0 Å². The normalized spacial score (nSPS) is 8.12. The number of aryl methyl sites for hydroxylation is 1. The monoisotopic (exact) mass is 333 g/mol. The molecule has 42 valence electrons. The number of aromatic nitrogens is 2. The van der Waals surface area contributed by atoms with Gasteiger partial charge in [-0.1, -0.05) is 19.4 Å². The van der Waals surface area contributed by atoms with Crippen molar-refractivity contribution in [3.63, 3.8) is 0 Å². The van der Waals surface area contributed by atoms with Crippen LogP contribution in [0.2, 0.25) is 0 Å². The van der Waals surface area contributed by atoms with Crippen LogP contribution in [0.1, 0.15) is 6.92 Å². The molecular formula is C5H7N2U-. The van der Waals surface area contributed by atoms with Crippen LogP contribution in [-0.2, 0) is 6.54 Å². The molecule has 1 aromatic rings. The van der Waals surface area contributed by atoms with Crippen molar-refractivity contribution >= 4 is 0 Å². The first kappa shape index (κ1) is 8.26. The summed E-state index contributed by atoms with van der Waals surface area (Å²) in [4.78, 5) is 3.80. The van der Waals surface area contributed by atoms with E-state index in [-0.39, 0.29) is 31.1 Å². The van der Waals surface area contributed by atoms with Gasteiger partial charge in [-0.25, -0.2) is 0 Å². The van der Waals surface area contributed by atoms with Crippen LogP contribution < -0.4 is 0 Å². The van der Waals surface area contributed by atoms with E-state index in [0.29, 0.717) is 0 Å². The van der Waals surface area contributed by atoms with E-state index in [1.165, 1.54) is 0 Å². The van der Waals surface area contributed by atoms with Crippen LogP contribution in [0, 0.1) is 37.3 Å². The summed E-state index contributed by atoms with van der Waals surface area (Å²) in [5.74, 6) is 0. The fourth-order valence-corrected chi connectivity index (χ4v) is 0.428. The Labute approximate surface area is 72.7 Å². The molecule has 2 nitrogen and oxygen atoms in total. The summed E-state index contributed by atoms with van der Waals surface area (Å²) in [5.41, 5.74) is 0. The van der Waals surface area contributed by atoms with Crippen molar-refractivity contribution in [2.45, 2.75) is 13.5 Å². The summed E-state index contributed by atoms with van der Waals surface area (Å²) in [5, 5.41) is 0. The van der Waals surface area contributed by atoms with E-state index in [1.807, 2.05) is 4.57 Å². The molecule has 0 amide bonds. The molecule has 0 radical (unpaired) electrons. The zero-order valence-electron chi connectivity index (χ0n) is 4.76. The van der Waals surface area contributed by atoms with Gasteiger partial charge in [0, 0.05) is 31.1 Å². The minimum atomic E-state index is 0. The summed E-state index contributed by atoms with van der Waals surface area (Å²) in [6.07, 6.45) is 6.30. The van der Waals surface area contributed by atoms with Crippen LogP contribution in [0.5, 0.6) is 0 Å². The molecule has 0 aliphatic rings. The Kier molecular flexibility index (Phi) is 4.31. The Morgan fingerprint density at radius 3 is 2.75 bits per heavy atom. The number of rotatable bonds is 1. The van der Waals surface area contributed by atoms with Crippen molar-refractivity contribution in [1.82, 2.24) is 9.55 Å². The molecule has 0 aromatic carbocycles. The zero-order valence-corrected chi connectivity index (χ0v) is 8.92. The molecule has 0 unspecified atom stereocenters. The largest absolute Gasteiger partial charge is 0.501 e. The average Bonchev–Trinajstić information content (AvgIpc) is 2.14. The Bertz CT molecular complexity index is 125. The number of imidazole rings is 1. The van der Waals surface area contributed by atoms with Gasteiger partial charge in [0.25, 0.3) is 0 Å². The molecule has 1 heterocycles. The van der Waals surface area contributed by atoms with Gasteiger partial charge in [-0.2, -0.15) is 6.20 Å². The first-order valence-corrected chi connectivity index (χ1v) is 2.31. The van der Waals surface area contributed by atoms with Crippen LogP contribution in [0.3, 0.4) is 0 Å². The van der Waals surface area contributed by atoms with E-state index in [0.717, 1.165) is 6.54 Å². The third-order valence-electron chi connectivity index (χ3n) is 0.845. The van der Waals surface area contributed by atoms with Gasteiger partial charge in [-0.15, -0.1) is 0 Å². The standard InChI is InChI=1S/C5H7N2.U/c1-2-7-4-3-6-5-7;/h3,5H,2H2,1H3;/q-1;. The Morgan fingerprint density at radius 2 is 2.50 bits per heavy atom. The molecule has 0 bridgehead atoms. The molecular weight excluding hydrogens is 326 g/mol. The number of nitrogens with zero attached hydrogens (tertiary/aromatic N) is 2. The van der Waals surface area contributed by atoms with E-state index < -0.39 is 0 Å².